The van der Waals surface area contributed by atoms with E-state index in [4.69, 9.17) is 5.73 Å². The number of carbonyl (C=O) groups excluding carboxylic acids is 1. The highest BCUT2D eigenvalue weighted by atomic mass is 16.2. The summed E-state index contributed by atoms with van der Waals surface area (Å²) in [6.45, 7) is 7.40. The normalized spacial score (nSPS) is 17.4. The van der Waals surface area contributed by atoms with E-state index in [9.17, 15) is 4.79 Å². The Morgan fingerprint density at radius 2 is 2.11 bits per heavy atom. The maximum Gasteiger partial charge on any atom is 0.223 e. The standard InChI is InChI=1S/C16H30N2O/c1-3-13-18(15-7-5-6-8-15)16(19)10-9-14(4-2)11-12-17/h3,14-15H,1,4-13,17H2,2H3. The molecule has 3 heteroatoms. The van der Waals surface area contributed by atoms with Gasteiger partial charge in [0.1, 0.15) is 0 Å². The van der Waals surface area contributed by atoms with E-state index in [0.29, 0.717) is 30.8 Å². The van der Waals surface area contributed by atoms with Crippen molar-refractivity contribution in [2.24, 2.45) is 11.7 Å². The number of hydrogen-bond acceptors (Lipinski definition) is 2. The number of rotatable bonds is 9. The van der Waals surface area contributed by atoms with Gasteiger partial charge >= 0.3 is 0 Å². The second kappa shape index (κ2) is 9.13. The maximum atomic E-state index is 12.4. The zero-order valence-electron chi connectivity index (χ0n) is 12.4. The molecular formula is C16H30N2O. The predicted molar refractivity (Wildman–Crippen MR) is 80.9 cm³/mol. The van der Waals surface area contributed by atoms with E-state index in [-0.39, 0.29) is 0 Å². The van der Waals surface area contributed by atoms with Crippen molar-refractivity contribution >= 4 is 5.91 Å². The summed E-state index contributed by atoms with van der Waals surface area (Å²) in [6, 6.07) is 0.458. The van der Waals surface area contributed by atoms with Crippen LogP contribution < -0.4 is 5.73 Å². The van der Waals surface area contributed by atoms with E-state index >= 15 is 0 Å². The lowest BCUT2D eigenvalue weighted by Crippen LogP contribution is -2.39. The fourth-order valence-electron chi connectivity index (χ4n) is 3.07. The van der Waals surface area contributed by atoms with Crippen molar-refractivity contribution < 1.29 is 4.79 Å². The van der Waals surface area contributed by atoms with Gasteiger partial charge in [-0.2, -0.15) is 0 Å². The molecule has 2 N–H and O–H groups in total. The van der Waals surface area contributed by atoms with Gasteiger partial charge in [-0.1, -0.05) is 32.3 Å². The van der Waals surface area contributed by atoms with Gasteiger partial charge < -0.3 is 10.6 Å². The quantitative estimate of drug-likeness (QED) is 0.652. The molecule has 110 valence electrons. The third kappa shape index (κ3) is 5.35. The molecule has 0 radical (unpaired) electrons. The van der Waals surface area contributed by atoms with Crippen LogP contribution in [0, 0.1) is 5.92 Å². The lowest BCUT2D eigenvalue weighted by Gasteiger charge is -2.28. The average molecular weight is 266 g/mol. The number of nitrogens with zero attached hydrogens (tertiary/aromatic N) is 1. The van der Waals surface area contributed by atoms with E-state index in [1.54, 1.807) is 0 Å². The summed E-state index contributed by atoms with van der Waals surface area (Å²) in [5, 5.41) is 0. The highest BCUT2D eigenvalue weighted by Gasteiger charge is 2.25. The van der Waals surface area contributed by atoms with Crippen LogP contribution in [-0.4, -0.2) is 29.9 Å². The fourth-order valence-corrected chi connectivity index (χ4v) is 3.07. The van der Waals surface area contributed by atoms with Crippen LogP contribution in [0.5, 0.6) is 0 Å². The van der Waals surface area contributed by atoms with E-state index in [0.717, 1.165) is 25.8 Å². The van der Waals surface area contributed by atoms with Gasteiger partial charge in [-0.05, 0) is 38.1 Å². The number of hydrogen-bond donors (Lipinski definition) is 1. The van der Waals surface area contributed by atoms with Crippen LogP contribution in [0.3, 0.4) is 0 Å². The molecule has 0 spiro atoms. The van der Waals surface area contributed by atoms with E-state index in [2.05, 4.69) is 18.4 Å². The maximum absolute atomic E-state index is 12.4. The minimum Gasteiger partial charge on any atom is -0.336 e. The van der Waals surface area contributed by atoms with E-state index < -0.39 is 0 Å². The molecule has 0 bridgehead atoms. The molecule has 1 aliphatic rings. The monoisotopic (exact) mass is 266 g/mol. The molecular weight excluding hydrogens is 236 g/mol. The lowest BCUT2D eigenvalue weighted by molar-refractivity contribution is -0.133. The number of nitrogens with two attached hydrogens (primary N) is 1. The zero-order chi connectivity index (χ0) is 14.1. The zero-order valence-corrected chi connectivity index (χ0v) is 12.4. The van der Waals surface area contributed by atoms with Crippen molar-refractivity contribution in [3.05, 3.63) is 12.7 Å². The topological polar surface area (TPSA) is 46.3 Å². The Bertz CT molecular complexity index is 272. The summed E-state index contributed by atoms with van der Waals surface area (Å²) in [7, 11) is 0. The molecule has 1 aliphatic carbocycles. The molecule has 19 heavy (non-hydrogen) atoms. The summed E-state index contributed by atoms with van der Waals surface area (Å²) in [5.74, 6) is 0.908. The molecule has 0 heterocycles. The highest BCUT2D eigenvalue weighted by Crippen LogP contribution is 2.25. The summed E-state index contributed by atoms with van der Waals surface area (Å²) >= 11 is 0. The summed E-state index contributed by atoms with van der Waals surface area (Å²) in [6.07, 6.45) is 10.5. The third-order valence-electron chi connectivity index (χ3n) is 4.33. The van der Waals surface area contributed by atoms with Gasteiger partial charge in [0.2, 0.25) is 5.91 Å². The summed E-state index contributed by atoms with van der Waals surface area (Å²) in [4.78, 5) is 14.4. The first-order valence-electron chi connectivity index (χ1n) is 7.83. The van der Waals surface area contributed by atoms with E-state index in [1.165, 1.54) is 25.7 Å². The third-order valence-corrected chi connectivity index (χ3v) is 4.33. The second-order valence-corrected chi connectivity index (χ2v) is 5.66. The molecule has 0 aromatic heterocycles. The minimum atomic E-state index is 0.308. The molecule has 1 amide bonds. The number of amides is 1. The molecule has 0 aromatic carbocycles. The minimum absolute atomic E-state index is 0.308. The number of carbonyl (C=O) groups is 1. The smallest absolute Gasteiger partial charge is 0.223 e. The SMILES string of the molecule is C=CCN(C(=O)CCC(CC)CCN)C1CCCC1. The molecule has 1 fully saturated rings. The van der Waals surface area contributed by atoms with Crippen LogP contribution in [0.1, 0.15) is 58.3 Å². The molecule has 3 nitrogen and oxygen atoms in total. The van der Waals surface area contributed by atoms with Crippen LogP contribution in [0.15, 0.2) is 12.7 Å². The van der Waals surface area contributed by atoms with Crippen LogP contribution in [0.4, 0.5) is 0 Å². The molecule has 0 saturated heterocycles. The van der Waals surface area contributed by atoms with Crippen molar-refractivity contribution in [1.82, 2.24) is 4.90 Å². The van der Waals surface area contributed by atoms with Crippen molar-refractivity contribution in [1.29, 1.82) is 0 Å². The van der Waals surface area contributed by atoms with Crippen LogP contribution >= 0.6 is 0 Å². The van der Waals surface area contributed by atoms with E-state index in [1.807, 2.05) is 6.08 Å². The second-order valence-electron chi connectivity index (χ2n) is 5.66. The first kappa shape index (κ1) is 16.2. The van der Waals surface area contributed by atoms with Gasteiger partial charge in [0.15, 0.2) is 0 Å². The Balaban J connectivity index is 2.44. The Labute approximate surface area is 118 Å². The van der Waals surface area contributed by atoms with Gasteiger partial charge in [0.05, 0.1) is 0 Å². The van der Waals surface area contributed by atoms with Crippen molar-refractivity contribution in [2.75, 3.05) is 13.1 Å². The highest BCUT2D eigenvalue weighted by molar-refractivity contribution is 5.76. The Kier molecular flexibility index (Phi) is 7.80. The van der Waals surface area contributed by atoms with Crippen molar-refractivity contribution in [3.8, 4) is 0 Å². The molecule has 0 aromatic rings. The Hall–Kier alpha value is -0.830. The molecule has 1 rings (SSSR count). The first-order chi connectivity index (χ1) is 9.22. The first-order valence-corrected chi connectivity index (χ1v) is 7.83. The van der Waals surface area contributed by atoms with Crippen molar-refractivity contribution in [2.45, 2.75) is 64.3 Å². The Morgan fingerprint density at radius 1 is 1.42 bits per heavy atom. The van der Waals surface area contributed by atoms with Gasteiger partial charge in [-0.3, -0.25) is 4.79 Å². The van der Waals surface area contributed by atoms with Crippen molar-refractivity contribution in [3.63, 3.8) is 0 Å². The molecule has 1 unspecified atom stereocenters. The van der Waals surface area contributed by atoms with Gasteiger partial charge in [-0.15, -0.1) is 6.58 Å². The van der Waals surface area contributed by atoms with Crippen LogP contribution in [0.25, 0.3) is 0 Å². The molecule has 1 atom stereocenters. The predicted octanol–water partition coefficient (Wildman–Crippen LogP) is 3.10. The van der Waals surface area contributed by atoms with Gasteiger partial charge in [0.25, 0.3) is 0 Å². The summed E-state index contributed by atoms with van der Waals surface area (Å²) < 4.78 is 0. The summed E-state index contributed by atoms with van der Waals surface area (Å²) in [5.41, 5.74) is 5.61. The van der Waals surface area contributed by atoms with Gasteiger partial charge in [0, 0.05) is 19.0 Å². The largest absolute Gasteiger partial charge is 0.336 e. The average Bonchev–Trinajstić information content (AvgIpc) is 2.94. The lowest BCUT2D eigenvalue weighted by atomic mass is 9.96. The molecule has 0 aliphatic heterocycles. The van der Waals surface area contributed by atoms with Gasteiger partial charge in [-0.25, -0.2) is 0 Å². The fraction of sp³-hybridized carbons (Fsp3) is 0.812. The molecule has 1 saturated carbocycles. The van der Waals surface area contributed by atoms with Crippen LogP contribution in [-0.2, 0) is 4.79 Å². The Morgan fingerprint density at radius 3 is 2.63 bits per heavy atom. The van der Waals surface area contributed by atoms with Crippen LogP contribution in [0.2, 0.25) is 0 Å².